The number of halogens is 2. The Morgan fingerprint density at radius 3 is 2.12 bits per heavy atom. The molecule has 0 heterocycles. The van der Waals surface area contributed by atoms with E-state index in [0.717, 1.165) is 42.0 Å². The van der Waals surface area contributed by atoms with E-state index in [-0.39, 0.29) is 35.5 Å². The zero-order valence-electron chi connectivity index (χ0n) is 27.4. The van der Waals surface area contributed by atoms with Crippen LogP contribution in [0.5, 0.6) is 5.75 Å². The van der Waals surface area contributed by atoms with Gasteiger partial charge in [-0.2, -0.15) is 0 Å². The smallest absolute Gasteiger partial charge is 0.264 e. The second kappa shape index (κ2) is 17.1. The summed E-state index contributed by atoms with van der Waals surface area (Å²) in [4.78, 5) is 30.5. The molecule has 0 bridgehead atoms. The summed E-state index contributed by atoms with van der Waals surface area (Å²) in [5.41, 5.74) is 1.78. The van der Waals surface area contributed by atoms with Crippen molar-refractivity contribution in [3.05, 3.63) is 124 Å². The lowest BCUT2D eigenvalue weighted by Gasteiger charge is -2.35. The van der Waals surface area contributed by atoms with E-state index in [9.17, 15) is 18.0 Å². The number of carbonyl (C=O) groups excluding carboxylic acids is 2. The van der Waals surface area contributed by atoms with Crippen molar-refractivity contribution >= 4 is 50.7 Å². The maximum Gasteiger partial charge on any atom is 0.264 e. The van der Waals surface area contributed by atoms with Crippen molar-refractivity contribution in [3.63, 3.8) is 0 Å². The zero-order chi connectivity index (χ0) is 34.8. The number of amides is 2. The Kier molecular flexibility index (Phi) is 12.6. The first-order valence-electron chi connectivity index (χ1n) is 16.5. The molecule has 258 valence electrons. The summed E-state index contributed by atoms with van der Waals surface area (Å²) >= 11 is 12.6. The van der Waals surface area contributed by atoms with E-state index in [1.54, 1.807) is 60.7 Å². The summed E-state index contributed by atoms with van der Waals surface area (Å²) < 4.78 is 35.1. The van der Waals surface area contributed by atoms with Gasteiger partial charge in [-0.25, -0.2) is 8.42 Å². The normalized spacial score (nSPS) is 14.1. The maximum absolute atomic E-state index is 14.7. The summed E-state index contributed by atoms with van der Waals surface area (Å²) in [7, 11) is -4.21. The molecular weight excluding hydrogens is 681 g/mol. The van der Waals surface area contributed by atoms with E-state index in [1.807, 2.05) is 37.3 Å². The molecule has 4 aromatic rings. The molecule has 0 unspecified atom stereocenters. The molecule has 0 spiro atoms. The van der Waals surface area contributed by atoms with Gasteiger partial charge in [-0.15, -0.1) is 0 Å². The van der Waals surface area contributed by atoms with Gasteiger partial charge in [0.1, 0.15) is 18.3 Å². The van der Waals surface area contributed by atoms with Gasteiger partial charge in [-0.05, 0) is 79.4 Å². The predicted molar refractivity (Wildman–Crippen MR) is 195 cm³/mol. The third kappa shape index (κ3) is 9.56. The van der Waals surface area contributed by atoms with Gasteiger partial charge in [-0.1, -0.05) is 97.1 Å². The number of benzene rings is 4. The lowest BCUT2D eigenvalue weighted by Crippen LogP contribution is -2.55. The number of nitrogens with one attached hydrogen (secondary N) is 1. The largest absolute Gasteiger partial charge is 0.494 e. The topological polar surface area (TPSA) is 96.0 Å². The Hall–Kier alpha value is -4.05. The third-order valence-electron chi connectivity index (χ3n) is 8.61. The summed E-state index contributed by atoms with van der Waals surface area (Å²) in [6, 6.07) is 28.1. The van der Waals surface area contributed by atoms with Crippen LogP contribution in [0.1, 0.15) is 50.2 Å². The molecular formula is C38H41Cl2N3O5S. The van der Waals surface area contributed by atoms with Crippen LogP contribution in [0.15, 0.2) is 108 Å². The minimum absolute atomic E-state index is 0.000243. The van der Waals surface area contributed by atoms with E-state index in [4.69, 9.17) is 27.9 Å². The summed E-state index contributed by atoms with van der Waals surface area (Å²) in [6.45, 7) is 1.74. The van der Waals surface area contributed by atoms with E-state index in [2.05, 4.69) is 5.32 Å². The SMILES string of the molecule is CCOc1ccc(N(CC(=O)N(Cc2ccc(Cl)c(Cl)c2)[C@@H](Cc2ccccc2)C(=O)NC2CCCCC2)S(=O)(=O)c2ccccc2)cc1. The van der Waals surface area contributed by atoms with Crippen molar-refractivity contribution in [2.75, 3.05) is 17.5 Å². The van der Waals surface area contributed by atoms with Crippen molar-refractivity contribution in [1.82, 2.24) is 10.2 Å². The first-order valence-corrected chi connectivity index (χ1v) is 18.7. The van der Waals surface area contributed by atoms with Crippen LogP contribution >= 0.6 is 23.2 Å². The lowest BCUT2D eigenvalue weighted by atomic mass is 9.94. The number of sulfonamides is 1. The number of hydrogen-bond donors (Lipinski definition) is 1. The Labute approximate surface area is 299 Å². The minimum Gasteiger partial charge on any atom is -0.494 e. The molecule has 1 N–H and O–H groups in total. The fourth-order valence-electron chi connectivity index (χ4n) is 6.06. The van der Waals surface area contributed by atoms with Crippen molar-refractivity contribution in [2.24, 2.45) is 0 Å². The van der Waals surface area contributed by atoms with Crippen molar-refractivity contribution in [1.29, 1.82) is 0 Å². The van der Waals surface area contributed by atoms with Crippen LogP contribution in [0.25, 0.3) is 0 Å². The Morgan fingerprint density at radius 1 is 0.837 bits per heavy atom. The van der Waals surface area contributed by atoms with E-state index < -0.39 is 28.5 Å². The highest BCUT2D eigenvalue weighted by Gasteiger charge is 2.35. The van der Waals surface area contributed by atoms with Crippen LogP contribution in [-0.2, 0) is 32.6 Å². The van der Waals surface area contributed by atoms with E-state index in [0.29, 0.717) is 28.0 Å². The molecule has 1 fully saturated rings. The van der Waals surface area contributed by atoms with Crippen LogP contribution in [-0.4, -0.2) is 50.4 Å². The van der Waals surface area contributed by atoms with Gasteiger partial charge in [-0.3, -0.25) is 13.9 Å². The standard InChI is InChI=1S/C38H41Cl2N3O5S/c1-2-48-32-21-19-31(20-22-32)43(49(46,47)33-16-10-5-11-17-33)27-37(44)42(26-29-18-23-34(39)35(40)24-29)36(25-28-12-6-3-7-13-28)38(45)41-30-14-8-4-9-15-30/h3,5-7,10-13,16-24,30,36H,2,4,8-9,14-15,25-27H2,1H3,(H,41,45)/t36-/m0/s1. The molecule has 0 aromatic heterocycles. The molecule has 1 aliphatic carbocycles. The van der Waals surface area contributed by atoms with Crippen LogP contribution in [0.2, 0.25) is 10.0 Å². The first-order chi connectivity index (χ1) is 23.7. The van der Waals surface area contributed by atoms with Gasteiger partial charge < -0.3 is 15.0 Å². The Morgan fingerprint density at radius 2 is 1.49 bits per heavy atom. The Bertz CT molecular complexity index is 1800. The molecule has 1 aliphatic rings. The highest BCUT2D eigenvalue weighted by Crippen LogP contribution is 2.28. The Balaban J connectivity index is 1.57. The van der Waals surface area contributed by atoms with Gasteiger partial charge in [0, 0.05) is 19.0 Å². The number of anilines is 1. The molecule has 2 amide bonds. The van der Waals surface area contributed by atoms with Crippen LogP contribution < -0.4 is 14.4 Å². The van der Waals surface area contributed by atoms with Crippen molar-refractivity contribution in [3.8, 4) is 5.75 Å². The number of ether oxygens (including phenoxy) is 1. The molecule has 5 rings (SSSR count). The summed E-state index contributed by atoms with van der Waals surface area (Å²) in [5.74, 6) is -0.278. The second-order valence-electron chi connectivity index (χ2n) is 12.1. The summed E-state index contributed by atoms with van der Waals surface area (Å²) in [5, 5.41) is 3.88. The molecule has 11 heteroatoms. The van der Waals surface area contributed by atoms with E-state index >= 15 is 0 Å². The predicted octanol–water partition coefficient (Wildman–Crippen LogP) is 7.68. The molecule has 0 radical (unpaired) electrons. The number of rotatable bonds is 14. The average molecular weight is 723 g/mol. The minimum atomic E-state index is -4.21. The van der Waals surface area contributed by atoms with Crippen LogP contribution in [0, 0.1) is 0 Å². The molecule has 49 heavy (non-hydrogen) atoms. The highest BCUT2D eigenvalue weighted by molar-refractivity contribution is 7.92. The quantitative estimate of drug-likeness (QED) is 0.144. The molecule has 1 atom stereocenters. The zero-order valence-corrected chi connectivity index (χ0v) is 29.8. The lowest BCUT2D eigenvalue weighted by molar-refractivity contribution is -0.140. The van der Waals surface area contributed by atoms with Crippen molar-refractivity contribution in [2.45, 2.75) is 69.0 Å². The van der Waals surface area contributed by atoms with Crippen molar-refractivity contribution < 1.29 is 22.7 Å². The van der Waals surface area contributed by atoms with Gasteiger partial charge in [0.2, 0.25) is 11.8 Å². The molecule has 1 saturated carbocycles. The molecule has 0 saturated heterocycles. The van der Waals surface area contributed by atoms with Gasteiger partial charge in [0.25, 0.3) is 10.0 Å². The van der Waals surface area contributed by atoms with Crippen LogP contribution in [0.4, 0.5) is 5.69 Å². The molecule has 8 nitrogen and oxygen atoms in total. The van der Waals surface area contributed by atoms with Crippen LogP contribution in [0.3, 0.4) is 0 Å². The first kappa shape index (κ1) is 36.2. The summed E-state index contributed by atoms with van der Waals surface area (Å²) in [6.07, 6.45) is 5.12. The van der Waals surface area contributed by atoms with Gasteiger partial charge in [0.05, 0.1) is 27.2 Å². The molecule has 4 aromatic carbocycles. The molecule has 0 aliphatic heterocycles. The third-order valence-corrected chi connectivity index (χ3v) is 11.1. The maximum atomic E-state index is 14.7. The van der Waals surface area contributed by atoms with Gasteiger partial charge in [0.15, 0.2) is 0 Å². The number of nitrogens with zero attached hydrogens (tertiary/aromatic N) is 2. The average Bonchev–Trinajstić information content (AvgIpc) is 3.12. The van der Waals surface area contributed by atoms with Gasteiger partial charge >= 0.3 is 0 Å². The monoisotopic (exact) mass is 721 g/mol. The fourth-order valence-corrected chi connectivity index (χ4v) is 7.81. The fraction of sp³-hybridized carbons (Fsp3) is 0.316. The van der Waals surface area contributed by atoms with E-state index in [1.165, 1.54) is 17.0 Å². The second-order valence-corrected chi connectivity index (χ2v) is 14.7. The highest BCUT2D eigenvalue weighted by atomic mass is 35.5. The number of hydrogen-bond acceptors (Lipinski definition) is 5. The number of carbonyl (C=O) groups is 2.